The maximum atomic E-state index is 11.0. The zero-order chi connectivity index (χ0) is 34.2. The lowest BCUT2D eigenvalue weighted by Gasteiger charge is -2.28. The Morgan fingerprint density at radius 2 is 1.44 bits per heavy atom. The van der Waals surface area contributed by atoms with Crippen molar-refractivity contribution in [3.05, 3.63) is 87.9 Å². The fraction of sp³-hybridized carbons (Fsp3) is 0.179. The summed E-state index contributed by atoms with van der Waals surface area (Å²) in [6.45, 7) is 3.21. The highest BCUT2D eigenvalue weighted by Crippen LogP contribution is 2.29. The number of methoxy groups -OCH3 is 1. The van der Waals surface area contributed by atoms with Crippen LogP contribution in [0.4, 0.5) is 10.8 Å². The third kappa shape index (κ3) is 8.86. The number of ether oxygens (including phenoxy) is 2. The minimum absolute atomic E-state index is 0.199. The molecule has 1 aliphatic heterocycles. The van der Waals surface area contributed by atoms with E-state index in [-0.39, 0.29) is 16.8 Å². The number of halogens is 3. The average Bonchev–Trinajstić information content (AvgIpc) is 3.89. The van der Waals surface area contributed by atoms with Crippen LogP contribution >= 0.6 is 80.1 Å². The molecule has 0 radical (unpaired) electrons. The van der Waals surface area contributed by atoms with Crippen molar-refractivity contribution in [2.24, 2.45) is 0 Å². The van der Waals surface area contributed by atoms with E-state index in [9.17, 15) is 14.4 Å². The van der Waals surface area contributed by atoms with E-state index in [4.69, 9.17) is 45.3 Å². The van der Waals surface area contributed by atoms with Crippen molar-refractivity contribution in [1.82, 2.24) is 29.9 Å². The molecule has 1 saturated heterocycles. The average molecular weight is 786 g/mol. The topological polar surface area (TPSA) is 182 Å². The number of fused-ring (bicyclic) bond motifs is 3. The Kier molecular flexibility index (Phi) is 12.3. The van der Waals surface area contributed by atoms with Gasteiger partial charge in [0.15, 0.2) is 0 Å². The van der Waals surface area contributed by atoms with E-state index in [1.165, 1.54) is 41.1 Å². The molecule has 0 bridgehead atoms. The summed E-state index contributed by atoms with van der Waals surface area (Å²) in [6.07, 6.45) is 0. The van der Waals surface area contributed by atoms with Gasteiger partial charge in [0.2, 0.25) is 10.6 Å². The molecule has 250 valence electrons. The van der Waals surface area contributed by atoms with Crippen LogP contribution in [-0.4, -0.2) is 69.3 Å². The molecule has 0 saturated carbocycles. The predicted octanol–water partition coefficient (Wildman–Crippen LogP) is 6.57. The van der Waals surface area contributed by atoms with Gasteiger partial charge < -0.3 is 20.1 Å². The third-order valence-electron chi connectivity index (χ3n) is 6.30. The molecule has 20 heteroatoms. The Bertz CT molecular complexity index is 2280. The van der Waals surface area contributed by atoms with Crippen LogP contribution in [0, 0.1) is 0 Å². The number of carbonyl (C=O) groups is 1. The minimum Gasteiger partial charge on any atom is -0.465 e. The molecule has 0 amide bonds. The van der Waals surface area contributed by atoms with Gasteiger partial charge in [0.05, 0.1) is 36.7 Å². The first-order valence-corrected chi connectivity index (χ1v) is 18.2. The van der Waals surface area contributed by atoms with E-state index < -0.39 is 5.69 Å². The normalized spacial score (nSPS) is 12.5. The first-order valence-electron chi connectivity index (χ1n) is 13.5. The van der Waals surface area contributed by atoms with Crippen LogP contribution in [0.1, 0.15) is 10.4 Å². The van der Waals surface area contributed by atoms with Crippen LogP contribution < -0.4 is 21.9 Å². The number of morpholine rings is 1. The molecule has 13 nitrogen and oxygen atoms in total. The van der Waals surface area contributed by atoms with E-state index in [1.54, 1.807) is 34.2 Å². The minimum atomic E-state index is -0.454. The van der Waals surface area contributed by atoms with Gasteiger partial charge in [0, 0.05) is 18.5 Å². The SMILES string of the molecule is COC(=O)c1ccsc1N.Clc1nc(Cl)c2ccsc2n1.Clc1nc(N2CCOCC2)c2ccsc2n1.O=c1[nH]c(=O)c2ccsc2[nH]1. The van der Waals surface area contributed by atoms with Gasteiger partial charge in [-0.1, -0.05) is 11.6 Å². The molecule has 0 aliphatic carbocycles. The molecular weight excluding hydrogens is 763 g/mol. The second kappa shape index (κ2) is 16.6. The first kappa shape index (κ1) is 35.6. The molecule has 0 atom stereocenters. The molecule has 0 aromatic carbocycles. The Hall–Kier alpha value is -3.68. The first-order chi connectivity index (χ1) is 23.1. The number of nitrogens with zero attached hydrogens (tertiary/aromatic N) is 5. The fourth-order valence-corrected chi connectivity index (χ4v) is 7.81. The maximum absolute atomic E-state index is 11.0. The highest BCUT2D eigenvalue weighted by Gasteiger charge is 2.17. The van der Waals surface area contributed by atoms with E-state index in [2.05, 4.69) is 39.5 Å². The summed E-state index contributed by atoms with van der Waals surface area (Å²) in [5, 5.41) is 11.3. The molecule has 1 fully saturated rings. The number of esters is 1. The van der Waals surface area contributed by atoms with Crippen molar-refractivity contribution in [3.8, 4) is 0 Å². The van der Waals surface area contributed by atoms with Gasteiger partial charge in [0.25, 0.3) is 5.56 Å². The van der Waals surface area contributed by atoms with E-state index >= 15 is 0 Å². The molecule has 7 aromatic rings. The smallest absolute Gasteiger partial charge is 0.340 e. The van der Waals surface area contributed by atoms with Crippen molar-refractivity contribution < 1.29 is 14.3 Å². The molecule has 7 aromatic heterocycles. The van der Waals surface area contributed by atoms with Gasteiger partial charge in [-0.25, -0.2) is 24.5 Å². The zero-order valence-electron chi connectivity index (χ0n) is 24.6. The Labute approximate surface area is 301 Å². The number of aromatic nitrogens is 6. The Balaban J connectivity index is 0.000000128. The third-order valence-corrected chi connectivity index (χ3v) is 10.1. The number of hydrogen-bond acceptors (Lipinski definition) is 15. The van der Waals surface area contributed by atoms with E-state index in [1.807, 2.05) is 22.9 Å². The molecule has 4 N–H and O–H groups in total. The summed E-state index contributed by atoms with van der Waals surface area (Å²) >= 11 is 23.0. The number of nitrogens with one attached hydrogen (secondary N) is 2. The van der Waals surface area contributed by atoms with Crippen LogP contribution in [0.15, 0.2) is 55.4 Å². The van der Waals surface area contributed by atoms with Gasteiger partial charge in [-0.2, -0.15) is 4.98 Å². The summed E-state index contributed by atoms with van der Waals surface area (Å²) < 4.78 is 9.79. The second-order valence-corrected chi connectivity index (χ2v) is 13.9. The van der Waals surface area contributed by atoms with Gasteiger partial charge in [-0.05, 0) is 69.0 Å². The number of anilines is 2. The van der Waals surface area contributed by atoms with Crippen molar-refractivity contribution in [2.75, 3.05) is 44.0 Å². The standard InChI is InChI=1S/C10H10ClN3OS.C6H2Cl2N2S.C6H4N2O2S.C6H7NO2S/c11-10-12-8(14-2-4-15-5-3-14)7-1-6-16-9(7)13-10;7-4-3-1-2-11-5(3)10-6(8)9-4;9-4-3-1-2-11-5(3)8-6(10)7-4;1-9-6(8)4-2-3-10-5(4)7/h1,6H,2-5H2;1-2H;1-2H,(H2,7,8,9,10);2-3H,7H2,1H3. The summed E-state index contributed by atoms with van der Waals surface area (Å²) in [5.74, 6) is 0.554. The maximum Gasteiger partial charge on any atom is 0.340 e. The fourth-order valence-electron chi connectivity index (χ4n) is 4.11. The molecule has 1 aliphatic rings. The van der Waals surface area contributed by atoms with Gasteiger partial charge >= 0.3 is 11.7 Å². The van der Waals surface area contributed by atoms with Crippen molar-refractivity contribution >= 4 is 128 Å². The number of carbonyl (C=O) groups excluding carboxylic acids is 1. The van der Waals surface area contributed by atoms with Crippen LogP contribution in [-0.2, 0) is 9.47 Å². The van der Waals surface area contributed by atoms with E-state index in [0.717, 1.165) is 52.6 Å². The highest BCUT2D eigenvalue weighted by atomic mass is 35.5. The summed E-state index contributed by atoms with van der Waals surface area (Å²) in [7, 11) is 1.33. The molecule has 0 spiro atoms. The monoisotopic (exact) mass is 784 g/mol. The van der Waals surface area contributed by atoms with Gasteiger partial charge in [-0.15, -0.1) is 45.3 Å². The number of rotatable bonds is 2. The quantitative estimate of drug-likeness (QED) is 0.0979. The Morgan fingerprint density at radius 1 is 0.833 bits per heavy atom. The molecule has 48 heavy (non-hydrogen) atoms. The lowest BCUT2D eigenvalue weighted by atomic mass is 10.3. The number of nitrogen functional groups attached to an aromatic ring is 1. The summed E-state index contributed by atoms with van der Waals surface area (Å²) in [6, 6.07) is 7.24. The van der Waals surface area contributed by atoms with Crippen LogP contribution in [0.2, 0.25) is 15.7 Å². The Morgan fingerprint density at radius 3 is 2.10 bits per heavy atom. The molecule has 8 rings (SSSR count). The lowest BCUT2D eigenvalue weighted by molar-refractivity contribution is 0.0602. The van der Waals surface area contributed by atoms with Gasteiger partial charge in [0.1, 0.15) is 30.5 Å². The summed E-state index contributed by atoms with van der Waals surface area (Å²) in [5.41, 5.74) is 5.10. The summed E-state index contributed by atoms with van der Waals surface area (Å²) in [4.78, 5) is 58.1. The molecule has 0 unspecified atom stereocenters. The van der Waals surface area contributed by atoms with Crippen molar-refractivity contribution in [2.45, 2.75) is 0 Å². The van der Waals surface area contributed by atoms with Gasteiger partial charge in [-0.3, -0.25) is 14.8 Å². The van der Waals surface area contributed by atoms with Crippen molar-refractivity contribution in [1.29, 1.82) is 0 Å². The highest BCUT2D eigenvalue weighted by molar-refractivity contribution is 7.17. The predicted molar refractivity (Wildman–Crippen MR) is 196 cm³/mol. The largest absolute Gasteiger partial charge is 0.465 e. The van der Waals surface area contributed by atoms with E-state index in [0.29, 0.717) is 31.2 Å². The number of thiophene rings is 4. The zero-order valence-corrected chi connectivity index (χ0v) is 30.1. The van der Waals surface area contributed by atoms with Crippen LogP contribution in [0.25, 0.3) is 30.6 Å². The molecular formula is C28H23Cl3N8O5S4. The number of nitrogens with two attached hydrogens (primary N) is 1. The second-order valence-electron chi connectivity index (χ2n) is 9.24. The number of aromatic amines is 2. The number of hydrogen-bond donors (Lipinski definition) is 3. The van der Waals surface area contributed by atoms with Crippen molar-refractivity contribution in [3.63, 3.8) is 0 Å². The molecule has 8 heterocycles. The lowest BCUT2D eigenvalue weighted by Crippen LogP contribution is -2.36. The van der Waals surface area contributed by atoms with Crippen LogP contribution in [0.3, 0.4) is 0 Å². The number of H-pyrrole nitrogens is 2. The van der Waals surface area contributed by atoms with Crippen LogP contribution in [0.5, 0.6) is 0 Å².